The molecule has 0 radical (unpaired) electrons. The van der Waals surface area contributed by atoms with Crippen LogP contribution in [0.5, 0.6) is 0 Å². The number of benzene rings is 2. The van der Waals surface area contributed by atoms with Gasteiger partial charge in [0.05, 0.1) is 23.5 Å². The normalized spacial score (nSPS) is 14.8. The van der Waals surface area contributed by atoms with Gasteiger partial charge in [-0.1, -0.05) is 24.3 Å². The van der Waals surface area contributed by atoms with Crippen LogP contribution < -0.4 is 10.2 Å². The van der Waals surface area contributed by atoms with Crippen molar-refractivity contribution in [2.45, 2.75) is 26.0 Å². The lowest BCUT2D eigenvalue weighted by atomic mass is 9.96. The molecule has 2 aromatic carbocycles. The molecule has 0 fully saturated rings. The Kier molecular flexibility index (Phi) is 5.46. The highest BCUT2D eigenvalue weighted by Gasteiger charge is 2.43. The van der Waals surface area contributed by atoms with E-state index in [-0.39, 0.29) is 5.91 Å². The SMILES string of the molecule is COCc1ccc(C(=O)OCC(=O)N2c3ccccc3NC(=O)C2(C)C)cc1. The lowest BCUT2D eigenvalue weighted by Crippen LogP contribution is -2.59. The predicted octanol–water partition coefficient (Wildman–Crippen LogP) is 2.75. The standard InChI is InChI=1S/C21H22N2O5/c1-21(2)20(26)22-16-6-4-5-7-17(16)23(21)18(24)13-28-19(25)15-10-8-14(9-11-15)12-27-3/h4-11H,12-13H2,1-3H3,(H,22,26). The third kappa shape index (κ3) is 3.75. The summed E-state index contributed by atoms with van der Waals surface area (Å²) in [5.74, 6) is -1.39. The monoisotopic (exact) mass is 382 g/mol. The third-order valence-electron chi connectivity index (χ3n) is 4.58. The van der Waals surface area contributed by atoms with Gasteiger partial charge in [0, 0.05) is 7.11 Å². The van der Waals surface area contributed by atoms with Crippen molar-refractivity contribution >= 4 is 29.2 Å². The second-order valence-corrected chi connectivity index (χ2v) is 6.97. The van der Waals surface area contributed by atoms with Crippen molar-refractivity contribution in [3.05, 3.63) is 59.7 Å². The topological polar surface area (TPSA) is 84.9 Å². The average molecular weight is 382 g/mol. The second kappa shape index (κ2) is 7.82. The first-order valence-electron chi connectivity index (χ1n) is 8.83. The first-order chi connectivity index (χ1) is 13.3. The molecule has 7 heteroatoms. The summed E-state index contributed by atoms with van der Waals surface area (Å²) in [5, 5.41) is 2.79. The number of nitrogens with one attached hydrogen (secondary N) is 1. The number of carbonyl (C=O) groups excluding carboxylic acids is 3. The highest BCUT2D eigenvalue weighted by Crippen LogP contribution is 2.36. The molecule has 28 heavy (non-hydrogen) atoms. The first-order valence-corrected chi connectivity index (χ1v) is 8.83. The number of ether oxygens (including phenoxy) is 2. The van der Waals surface area contributed by atoms with E-state index in [1.807, 2.05) is 0 Å². The molecule has 0 spiro atoms. The number of rotatable bonds is 5. The third-order valence-corrected chi connectivity index (χ3v) is 4.58. The molecule has 1 aliphatic rings. The molecular formula is C21H22N2O5. The number of methoxy groups -OCH3 is 1. The number of para-hydroxylation sites is 2. The maximum Gasteiger partial charge on any atom is 0.338 e. The van der Waals surface area contributed by atoms with Crippen molar-refractivity contribution in [3.63, 3.8) is 0 Å². The second-order valence-electron chi connectivity index (χ2n) is 6.97. The zero-order chi connectivity index (χ0) is 20.3. The fourth-order valence-corrected chi connectivity index (χ4v) is 3.08. The summed E-state index contributed by atoms with van der Waals surface area (Å²) >= 11 is 0. The van der Waals surface area contributed by atoms with E-state index in [0.29, 0.717) is 23.5 Å². The van der Waals surface area contributed by atoms with Crippen LogP contribution in [0.2, 0.25) is 0 Å². The van der Waals surface area contributed by atoms with Crippen LogP contribution >= 0.6 is 0 Å². The number of carbonyl (C=O) groups is 3. The summed E-state index contributed by atoms with van der Waals surface area (Å²) in [6, 6.07) is 13.8. The van der Waals surface area contributed by atoms with Crippen LogP contribution in [0.3, 0.4) is 0 Å². The fourth-order valence-electron chi connectivity index (χ4n) is 3.08. The van der Waals surface area contributed by atoms with Crippen molar-refractivity contribution in [2.75, 3.05) is 23.9 Å². The van der Waals surface area contributed by atoms with Gasteiger partial charge >= 0.3 is 5.97 Å². The predicted molar refractivity (Wildman–Crippen MR) is 104 cm³/mol. The number of esters is 1. The van der Waals surface area contributed by atoms with E-state index in [1.54, 1.807) is 69.5 Å². The van der Waals surface area contributed by atoms with Crippen LogP contribution in [-0.2, 0) is 25.7 Å². The number of hydrogen-bond donors (Lipinski definition) is 1. The van der Waals surface area contributed by atoms with E-state index in [9.17, 15) is 14.4 Å². The first kappa shape index (κ1) is 19.6. The van der Waals surface area contributed by atoms with Crippen molar-refractivity contribution in [2.24, 2.45) is 0 Å². The van der Waals surface area contributed by atoms with Crippen LogP contribution in [0, 0.1) is 0 Å². The van der Waals surface area contributed by atoms with Gasteiger partial charge < -0.3 is 14.8 Å². The Balaban J connectivity index is 1.73. The van der Waals surface area contributed by atoms with Crippen molar-refractivity contribution in [3.8, 4) is 0 Å². The Labute approximate surface area is 163 Å². The molecule has 0 bridgehead atoms. The summed E-state index contributed by atoms with van der Waals surface area (Å²) in [5.41, 5.74) is 1.26. The summed E-state index contributed by atoms with van der Waals surface area (Å²) in [6.07, 6.45) is 0. The molecule has 0 atom stereocenters. The lowest BCUT2D eigenvalue weighted by Gasteiger charge is -2.41. The van der Waals surface area contributed by atoms with Gasteiger partial charge in [0.2, 0.25) is 5.91 Å². The Morgan fingerprint density at radius 3 is 2.43 bits per heavy atom. The summed E-state index contributed by atoms with van der Waals surface area (Å²) in [4.78, 5) is 38.9. The minimum Gasteiger partial charge on any atom is -0.452 e. The largest absolute Gasteiger partial charge is 0.452 e. The van der Waals surface area contributed by atoms with Gasteiger partial charge in [-0.05, 0) is 43.7 Å². The van der Waals surface area contributed by atoms with E-state index in [0.717, 1.165) is 5.56 Å². The Hall–Kier alpha value is -3.19. The zero-order valence-electron chi connectivity index (χ0n) is 16.0. The van der Waals surface area contributed by atoms with Gasteiger partial charge in [-0.15, -0.1) is 0 Å². The number of fused-ring (bicyclic) bond motifs is 1. The van der Waals surface area contributed by atoms with E-state index >= 15 is 0 Å². The van der Waals surface area contributed by atoms with Gasteiger partial charge in [-0.25, -0.2) is 4.79 Å². The van der Waals surface area contributed by atoms with Crippen LogP contribution in [0.15, 0.2) is 48.5 Å². The smallest absolute Gasteiger partial charge is 0.338 e. The molecule has 146 valence electrons. The van der Waals surface area contributed by atoms with E-state index in [1.165, 1.54) is 4.90 Å². The Morgan fingerprint density at radius 2 is 1.75 bits per heavy atom. The number of anilines is 2. The minimum absolute atomic E-state index is 0.306. The fraction of sp³-hybridized carbons (Fsp3) is 0.286. The molecule has 0 aliphatic carbocycles. The molecule has 1 heterocycles. The summed E-state index contributed by atoms with van der Waals surface area (Å²) < 4.78 is 10.2. The quantitative estimate of drug-likeness (QED) is 0.804. The number of nitrogens with zero attached hydrogens (tertiary/aromatic N) is 1. The number of amides is 2. The maximum atomic E-state index is 12.8. The Bertz CT molecular complexity index is 905. The molecule has 7 nitrogen and oxygen atoms in total. The van der Waals surface area contributed by atoms with E-state index < -0.39 is 24.0 Å². The van der Waals surface area contributed by atoms with Crippen LogP contribution in [0.25, 0.3) is 0 Å². The molecule has 0 unspecified atom stereocenters. The van der Waals surface area contributed by atoms with Gasteiger partial charge in [0.15, 0.2) is 6.61 Å². The molecule has 1 N–H and O–H groups in total. The minimum atomic E-state index is -1.11. The van der Waals surface area contributed by atoms with Crippen LogP contribution in [-0.4, -0.2) is 37.0 Å². The Morgan fingerprint density at radius 1 is 1.07 bits per heavy atom. The van der Waals surface area contributed by atoms with Crippen LogP contribution in [0.4, 0.5) is 11.4 Å². The highest BCUT2D eigenvalue weighted by molar-refractivity contribution is 6.14. The molecular weight excluding hydrogens is 360 g/mol. The molecule has 2 amide bonds. The van der Waals surface area contributed by atoms with Gasteiger partial charge in [-0.2, -0.15) is 0 Å². The molecule has 0 saturated heterocycles. The number of hydrogen-bond acceptors (Lipinski definition) is 5. The van der Waals surface area contributed by atoms with E-state index in [2.05, 4.69) is 5.32 Å². The highest BCUT2D eigenvalue weighted by atomic mass is 16.5. The molecule has 0 saturated carbocycles. The van der Waals surface area contributed by atoms with Crippen molar-refractivity contribution in [1.82, 2.24) is 0 Å². The van der Waals surface area contributed by atoms with Crippen molar-refractivity contribution in [1.29, 1.82) is 0 Å². The molecule has 2 aromatic rings. The molecule has 3 rings (SSSR count). The van der Waals surface area contributed by atoms with Crippen LogP contribution in [0.1, 0.15) is 29.8 Å². The zero-order valence-corrected chi connectivity index (χ0v) is 16.0. The average Bonchev–Trinajstić information content (AvgIpc) is 2.67. The molecule has 1 aliphatic heterocycles. The summed E-state index contributed by atoms with van der Waals surface area (Å²) in [7, 11) is 1.59. The molecule has 0 aromatic heterocycles. The van der Waals surface area contributed by atoms with Crippen molar-refractivity contribution < 1.29 is 23.9 Å². The van der Waals surface area contributed by atoms with Gasteiger partial charge in [0.1, 0.15) is 5.54 Å². The van der Waals surface area contributed by atoms with Gasteiger partial charge in [0.25, 0.3) is 5.91 Å². The maximum absolute atomic E-state index is 12.8. The van der Waals surface area contributed by atoms with Gasteiger partial charge in [-0.3, -0.25) is 14.5 Å². The lowest BCUT2D eigenvalue weighted by molar-refractivity contribution is -0.128. The van der Waals surface area contributed by atoms with E-state index in [4.69, 9.17) is 9.47 Å². The summed E-state index contributed by atoms with van der Waals surface area (Å²) in [6.45, 7) is 3.27.